The molecule has 1 saturated heterocycles. The third-order valence-electron chi connectivity index (χ3n) is 3.15. The smallest absolute Gasteiger partial charge is 0.407 e. The van der Waals surface area contributed by atoms with Crippen LogP contribution in [-0.4, -0.2) is 41.5 Å². The lowest BCUT2D eigenvalue weighted by atomic mass is 10.1. The van der Waals surface area contributed by atoms with Crippen LogP contribution in [-0.2, 0) is 4.74 Å². The van der Waals surface area contributed by atoms with Gasteiger partial charge in [-0.05, 0) is 33.1 Å². The maximum absolute atomic E-state index is 11.6. The third kappa shape index (κ3) is 2.30. The molecule has 16 heavy (non-hydrogen) atoms. The average Bonchev–Trinajstić information content (AvgIpc) is 2.57. The van der Waals surface area contributed by atoms with Crippen molar-refractivity contribution in [1.29, 1.82) is 0 Å². The van der Waals surface area contributed by atoms with Crippen LogP contribution < -0.4 is 10.6 Å². The van der Waals surface area contributed by atoms with E-state index in [-0.39, 0.29) is 18.2 Å². The van der Waals surface area contributed by atoms with Crippen molar-refractivity contribution in [3.63, 3.8) is 0 Å². The highest BCUT2D eigenvalue weighted by Crippen LogP contribution is 2.31. The second kappa shape index (κ2) is 3.89. The molecule has 0 spiro atoms. The molecule has 1 aliphatic carbocycles. The zero-order valence-corrected chi connectivity index (χ0v) is 9.99. The molecule has 3 N–H and O–H groups in total. The Kier molecular flexibility index (Phi) is 2.84. The van der Waals surface area contributed by atoms with E-state index < -0.39 is 11.7 Å². The van der Waals surface area contributed by atoms with Gasteiger partial charge in [-0.25, -0.2) is 4.79 Å². The summed E-state index contributed by atoms with van der Waals surface area (Å²) in [5.41, 5.74) is -0.478. The summed E-state index contributed by atoms with van der Waals surface area (Å²) in [6, 6.07) is -0.0117. The normalized spacial score (nSPS) is 37.5. The van der Waals surface area contributed by atoms with Crippen molar-refractivity contribution in [1.82, 2.24) is 10.6 Å². The minimum Gasteiger partial charge on any atom is -0.444 e. The lowest BCUT2D eigenvalue weighted by Crippen LogP contribution is -2.47. The van der Waals surface area contributed by atoms with Crippen LogP contribution in [0.3, 0.4) is 0 Å². The molecule has 5 heteroatoms. The number of carbonyl (C=O) groups excluding carboxylic acids is 1. The van der Waals surface area contributed by atoms with Gasteiger partial charge in [-0.15, -0.1) is 0 Å². The molecule has 4 atom stereocenters. The lowest BCUT2D eigenvalue weighted by molar-refractivity contribution is 0.0492. The molecule has 0 aromatic heterocycles. The summed E-state index contributed by atoms with van der Waals surface area (Å²) in [4.78, 5) is 11.6. The molecule has 2 fully saturated rings. The first kappa shape index (κ1) is 11.7. The average molecular weight is 228 g/mol. The summed E-state index contributed by atoms with van der Waals surface area (Å²) >= 11 is 0. The van der Waals surface area contributed by atoms with E-state index >= 15 is 0 Å². The Morgan fingerprint density at radius 3 is 2.62 bits per heavy atom. The molecule has 1 amide bonds. The van der Waals surface area contributed by atoms with Gasteiger partial charge in [0.1, 0.15) is 5.60 Å². The number of ether oxygens (including phenoxy) is 1. The number of alkyl carbamates (subject to hydrolysis) is 1. The number of hydrogen-bond donors (Lipinski definition) is 3. The first-order valence-corrected chi connectivity index (χ1v) is 5.78. The van der Waals surface area contributed by atoms with Crippen LogP contribution in [0.15, 0.2) is 0 Å². The summed E-state index contributed by atoms with van der Waals surface area (Å²) in [5, 5.41) is 15.7. The Hall–Kier alpha value is -0.810. The Labute approximate surface area is 95.5 Å². The Bertz CT molecular complexity index is 287. The highest BCUT2D eigenvalue weighted by atomic mass is 16.6. The van der Waals surface area contributed by atoms with Gasteiger partial charge in [0.25, 0.3) is 0 Å². The largest absolute Gasteiger partial charge is 0.444 e. The fourth-order valence-electron chi connectivity index (χ4n) is 2.55. The molecular formula is C11H20N2O3. The SMILES string of the molecule is CC(C)(C)OC(=O)N[C@@H]1[C@H]2CN[C@@H]1[C@@H](O)C2. The van der Waals surface area contributed by atoms with E-state index in [1.54, 1.807) is 0 Å². The monoisotopic (exact) mass is 228 g/mol. The van der Waals surface area contributed by atoms with Gasteiger partial charge in [0.2, 0.25) is 0 Å². The first-order chi connectivity index (χ1) is 7.37. The minimum absolute atomic E-state index is 0.00449. The zero-order chi connectivity index (χ0) is 11.9. The minimum atomic E-state index is -0.478. The predicted molar refractivity (Wildman–Crippen MR) is 59.1 cm³/mol. The van der Waals surface area contributed by atoms with Crippen LogP contribution >= 0.6 is 0 Å². The van der Waals surface area contributed by atoms with E-state index in [0.29, 0.717) is 5.92 Å². The molecule has 0 unspecified atom stereocenters. The standard InChI is InChI=1S/C11H20N2O3/c1-11(2,3)16-10(15)13-8-6-4-7(14)9(8)12-5-6/h6-9,12,14H,4-5H2,1-3H3,(H,13,15)/t6-,7+,8-,9-/m1/s1. The molecular weight excluding hydrogens is 208 g/mol. The Morgan fingerprint density at radius 1 is 1.50 bits per heavy atom. The van der Waals surface area contributed by atoms with E-state index in [9.17, 15) is 9.90 Å². The van der Waals surface area contributed by atoms with Crippen molar-refractivity contribution in [3.8, 4) is 0 Å². The van der Waals surface area contributed by atoms with E-state index in [0.717, 1.165) is 13.0 Å². The van der Waals surface area contributed by atoms with Crippen LogP contribution in [0.4, 0.5) is 4.79 Å². The maximum Gasteiger partial charge on any atom is 0.407 e. The summed E-state index contributed by atoms with van der Waals surface area (Å²) < 4.78 is 5.20. The second-order valence-electron chi connectivity index (χ2n) is 5.67. The van der Waals surface area contributed by atoms with Gasteiger partial charge in [-0.2, -0.15) is 0 Å². The molecule has 0 aromatic rings. The second-order valence-corrected chi connectivity index (χ2v) is 5.67. The number of piperidine rings is 1. The van der Waals surface area contributed by atoms with E-state index in [1.165, 1.54) is 0 Å². The van der Waals surface area contributed by atoms with E-state index in [2.05, 4.69) is 10.6 Å². The van der Waals surface area contributed by atoms with E-state index in [1.807, 2.05) is 20.8 Å². The van der Waals surface area contributed by atoms with Crippen molar-refractivity contribution in [2.24, 2.45) is 5.92 Å². The van der Waals surface area contributed by atoms with Crippen LogP contribution in [0.5, 0.6) is 0 Å². The summed E-state index contributed by atoms with van der Waals surface area (Å²) in [7, 11) is 0. The number of hydrogen-bond acceptors (Lipinski definition) is 4. The molecule has 0 aromatic carbocycles. The number of rotatable bonds is 1. The maximum atomic E-state index is 11.6. The highest BCUT2D eigenvalue weighted by Gasteiger charge is 2.48. The van der Waals surface area contributed by atoms with Crippen molar-refractivity contribution < 1.29 is 14.6 Å². The van der Waals surface area contributed by atoms with Crippen molar-refractivity contribution in [2.45, 2.75) is 51.0 Å². The Morgan fingerprint density at radius 2 is 2.19 bits per heavy atom. The van der Waals surface area contributed by atoms with Crippen LogP contribution in [0.1, 0.15) is 27.2 Å². The zero-order valence-electron chi connectivity index (χ0n) is 9.99. The predicted octanol–water partition coefficient (Wildman–Crippen LogP) is 0.232. The number of aliphatic hydroxyl groups is 1. The van der Waals surface area contributed by atoms with Gasteiger partial charge in [0.05, 0.1) is 18.2 Å². The number of carbonyl (C=O) groups is 1. The molecule has 1 aliphatic heterocycles. The molecule has 0 radical (unpaired) electrons. The van der Waals surface area contributed by atoms with E-state index in [4.69, 9.17) is 4.74 Å². The van der Waals surface area contributed by atoms with Gasteiger partial charge >= 0.3 is 6.09 Å². The molecule has 92 valence electrons. The Balaban J connectivity index is 1.89. The molecule has 1 saturated carbocycles. The quantitative estimate of drug-likeness (QED) is 0.601. The van der Waals surface area contributed by atoms with Crippen molar-refractivity contribution in [3.05, 3.63) is 0 Å². The van der Waals surface area contributed by atoms with Gasteiger partial charge in [0, 0.05) is 6.54 Å². The van der Waals surface area contributed by atoms with Crippen molar-refractivity contribution in [2.75, 3.05) is 6.54 Å². The third-order valence-corrected chi connectivity index (χ3v) is 3.15. The van der Waals surface area contributed by atoms with Crippen LogP contribution in [0, 0.1) is 5.92 Å². The summed E-state index contributed by atoms with van der Waals surface area (Å²) in [6.45, 7) is 6.37. The van der Waals surface area contributed by atoms with Crippen LogP contribution in [0.25, 0.3) is 0 Å². The molecule has 2 bridgehead atoms. The van der Waals surface area contributed by atoms with Crippen molar-refractivity contribution >= 4 is 6.09 Å². The number of nitrogens with one attached hydrogen (secondary N) is 2. The molecule has 2 rings (SSSR count). The summed E-state index contributed by atoms with van der Waals surface area (Å²) in [6.07, 6.45) is 0.0157. The fourth-order valence-corrected chi connectivity index (χ4v) is 2.55. The fraction of sp³-hybridized carbons (Fsp3) is 0.909. The molecule has 1 heterocycles. The van der Waals surface area contributed by atoms with Gasteiger partial charge < -0.3 is 20.5 Å². The summed E-state index contributed by atoms with van der Waals surface area (Å²) in [5.74, 6) is 0.326. The molecule has 2 aliphatic rings. The number of fused-ring (bicyclic) bond motifs is 2. The number of aliphatic hydroxyl groups excluding tert-OH is 1. The first-order valence-electron chi connectivity index (χ1n) is 5.78. The van der Waals surface area contributed by atoms with Gasteiger partial charge in [-0.1, -0.05) is 0 Å². The lowest BCUT2D eigenvalue weighted by Gasteiger charge is -2.23. The van der Waals surface area contributed by atoms with Gasteiger partial charge in [0.15, 0.2) is 0 Å². The van der Waals surface area contributed by atoms with Gasteiger partial charge in [-0.3, -0.25) is 0 Å². The number of amides is 1. The molecule has 5 nitrogen and oxygen atoms in total. The highest BCUT2D eigenvalue weighted by molar-refractivity contribution is 5.68. The van der Waals surface area contributed by atoms with Crippen LogP contribution in [0.2, 0.25) is 0 Å². The topological polar surface area (TPSA) is 70.6 Å².